The molecule has 1 fully saturated rings. The molecule has 0 radical (unpaired) electrons. The van der Waals surface area contributed by atoms with Gasteiger partial charge in [0.1, 0.15) is 0 Å². The predicted octanol–water partition coefficient (Wildman–Crippen LogP) is 1.60. The van der Waals surface area contributed by atoms with E-state index >= 15 is 0 Å². The Balaban J connectivity index is 3.05. The molecular weight excluding hydrogens is 262 g/mol. The molecule has 19 heavy (non-hydrogen) atoms. The Morgan fingerprint density at radius 3 is 2.16 bits per heavy atom. The largest absolute Gasteiger partial charge is 0.329 e. The standard InChI is InChI=1S/C13H29N3O2S/c1-5-10-16(13(11-14)8-6-7-9-13)19(17,18)15-12(2,3)4/h15H,5-11,14H2,1-4H3. The van der Waals surface area contributed by atoms with Crippen LogP contribution in [-0.4, -0.2) is 36.9 Å². The van der Waals surface area contributed by atoms with Crippen LogP contribution in [0.4, 0.5) is 0 Å². The third kappa shape index (κ3) is 4.15. The molecule has 0 aromatic heterocycles. The summed E-state index contributed by atoms with van der Waals surface area (Å²) in [5.74, 6) is 0. The van der Waals surface area contributed by atoms with E-state index in [1.165, 1.54) is 0 Å². The van der Waals surface area contributed by atoms with Crippen molar-refractivity contribution < 1.29 is 8.42 Å². The van der Waals surface area contributed by atoms with Gasteiger partial charge in [0.2, 0.25) is 0 Å². The van der Waals surface area contributed by atoms with Crippen molar-refractivity contribution in [2.24, 2.45) is 5.73 Å². The number of hydrogen-bond acceptors (Lipinski definition) is 3. The minimum Gasteiger partial charge on any atom is -0.329 e. The Morgan fingerprint density at radius 1 is 1.26 bits per heavy atom. The Kier molecular flexibility index (Phi) is 5.40. The first-order chi connectivity index (χ1) is 8.67. The highest BCUT2D eigenvalue weighted by molar-refractivity contribution is 7.87. The van der Waals surface area contributed by atoms with Gasteiger partial charge in [-0.15, -0.1) is 0 Å². The second-order valence-electron chi connectivity index (χ2n) is 6.56. The van der Waals surface area contributed by atoms with Crippen molar-refractivity contribution in [3.05, 3.63) is 0 Å². The van der Waals surface area contributed by atoms with Crippen LogP contribution in [0.2, 0.25) is 0 Å². The van der Waals surface area contributed by atoms with Gasteiger partial charge in [0.25, 0.3) is 10.2 Å². The summed E-state index contributed by atoms with van der Waals surface area (Å²) in [7, 11) is -3.49. The first kappa shape index (κ1) is 16.9. The smallest absolute Gasteiger partial charge is 0.280 e. The van der Waals surface area contributed by atoms with Crippen LogP contribution in [-0.2, 0) is 10.2 Å². The lowest BCUT2D eigenvalue weighted by Gasteiger charge is -2.40. The van der Waals surface area contributed by atoms with Crippen LogP contribution < -0.4 is 10.5 Å². The van der Waals surface area contributed by atoms with Crippen molar-refractivity contribution in [1.82, 2.24) is 9.03 Å². The minimum atomic E-state index is -3.49. The summed E-state index contributed by atoms with van der Waals surface area (Å²) < 4.78 is 29.7. The highest BCUT2D eigenvalue weighted by Gasteiger charge is 2.44. The Bertz CT molecular complexity index is 381. The topological polar surface area (TPSA) is 75.4 Å². The predicted molar refractivity (Wildman–Crippen MR) is 79.1 cm³/mol. The molecule has 3 N–H and O–H groups in total. The van der Waals surface area contributed by atoms with E-state index in [4.69, 9.17) is 5.73 Å². The normalized spacial score (nSPS) is 20.1. The van der Waals surface area contributed by atoms with E-state index < -0.39 is 15.7 Å². The van der Waals surface area contributed by atoms with Gasteiger partial charge in [-0.3, -0.25) is 0 Å². The molecule has 0 spiro atoms. The van der Waals surface area contributed by atoms with Crippen LogP contribution in [0.3, 0.4) is 0 Å². The third-order valence-electron chi connectivity index (χ3n) is 3.60. The summed E-state index contributed by atoms with van der Waals surface area (Å²) in [4.78, 5) is 0. The molecule has 1 aliphatic carbocycles. The Morgan fingerprint density at radius 2 is 1.79 bits per heavy atom. The molecule has 5 nitrogen and oxygen atoms in total. The highest BCUT2D eigenvalue weighted by atomic mass is 32.2. The van der Waals surface area contributed by atoms with Gasteiger partial charge in [0, 0.05) is 24.2 Å². The molecule has 0 amide bonds. The molecule has 1 rings (SSSR count). The van der Waals surface area contributed by atoms with Crippen LogP contribution in [0.15, 0.2) is 0 Å². The lowest BCUT2D eigenvalue weighted by atomic mass is 9.98. The van der Waals surface area contributed by atoms with Gasteiger partial charge in [0.05, 0.1) is 0 Å². The molecule has 0 heterocycles. The van der Waals surface area contributed by atoms with Crippen LogP contribution in [0, 0.1) is 0 Å². The molecular formula is C13H29N3O2S. The van der Waals surface area contributed by atoms with Crippen LogP contribution in [0.1, 0.15) is 59.8 Å². The van der Waals surface area contributed by atoms with Crippen molar-refractivity contribution in [2.75, 3.05) is 13.1 Å². The maximum Gasteiger partial charge on any atom is 0.280 e. The number of hydrogen-bond donors (Lipinski definition) is 2. The Hall–Kier alpha value is -0.170. The zero-order chi connectivity index (χ0) is 14.7. The summed E-state index contributed by atoms with van der Waals surface area (Å²) >= 11 is 0. The molecule has 114 valence electrons. The van der Waals surface area contributed by atoms with Crippen molar-refractivity contribution >= 4 is 10.2 Å². The van der Waals surface area contributed by atoms with Crippen molar-refractivity contribution in [2.45, 2.75) is 70.9 Å². The van der Waals surface area contributed by atoms with E-state index in [1.54, 1.807) is 4.31 Å². The van der Waals surface area contributed by atoms with E-state index in [0.717, 1.165) is 32.1 Å². The molecule has 0 aliphatic heterocycles. The monoisotopic (exact) mass is 291 g/mol. The minimum absolute atomic E-state index is 0.382. The SMILES string of the molecule is CCCN(C1(CN)CCCC1)S(=O)(=O)NC(C)(C)C. The van der Waals surface area contributed by atoms with E-state index in [1.807, 2.05) is 27.7 Å². The van der Waals surface area contributed by atoms with Gasteiger partial charge in [0.15, 0.2) is 0 Å². The van der Waals surface area contributed by atoms with Gasteiger partial charge in [-0.1, -0.05) is 19.8 Å². The summed E-state index contributed by atoms with van der Waals surface area (Å²) in [5.41, 5.74) is 5.07. The summed E-state index contributed by atoms with van der Waals surface area (Å²) in [6.07, 6.45) is 4.65. The average Bonchev–Trinajstić information content (AvgIpc) is 2.71. The first-order valence-electron chi connectivity index (χ1n) is 7.19. The number of nitrogens with one attached hydrogen (secondary N) is 1. The quantitative estimate of drug-likeness (QED) is 0.780. The zero-order valence-electron chi connectivity index (χ0n) is 12.7. The molecule has 0 aromatic rings. The number of rotatable bonds is 6. The molecule has 1 saturated carbocycles. The maximum atomic E-state index is 12.6. The fraction of sp³-hybridized carbons (Fsp3) is 1.00. The summed E-state index contributed by atoms with van der Waals surface area (Å²) in [6.45, 7) is 8.51. The molecule has 0 saturated heterocycles. The van der Waals surface area contributed by atoms with Crippen molar-refractivity contribution in [3.63, 3.8) is 0 Å². The molecule has 6 heteroatoms. The highest BCUT2D eigenvalue weighted by Crippen LogP contribution is 2.36. The maximum absolute atomic E-state index is 12.6. The van der Waals surface area contributed by atoms with E-state index in [-0.39, 0.29) is 5.54 Å². The van der Waals surface area contributed by atoms with Crippen LogP contribution in [0.5, 0.6) is 0 Å². The number of nitrogens with two attached hydrogens (primary N) is 1. The zero-order valence-corrected chi connectivity index (χ0v) is 13.5. The van der Waals surface area contributed by atoms with Gasteiger partial charge in [-0.2, -0.15) is 17.4 Å². The van der Waals surface area contributed by atoms with Crippen LogP contribution >= 0.6 is 0 Å². The van der Waals surface area contributed by atoms with Gasteiger partial charge >= 0.3 is 0 Å². The van der Waals surface area contributed by atoms with E-state index in [9.17, 15) is 8.42 Å². The van der Waals surface area contributed by atoms with Gasteiger partial charge in [-0.05, 0) is 40.0 Å². The molecule has 0 unspecified atom stereocenters. The molecule has 0 aromatic carbocycles. The lowest BCUT2D eigenvalue weighted by molar-refractivity contribution is 0.192. The number of nitrogens with zero attached hydrogens (tertiary/aromatic N) is 1. The second-order valence-corrected chi connectivity index (χ2v) is 8.16. The molecule has 0 bridgehead atoms. The van der Waals surface area contributed by atoms with Crippen LogP contribution in [0.25, 0.3) is 0 Å². The Labute approximate surface area is 118 Å². The average molecular weight is 291 g/mol. The second kappa shape index (κ2) is 6.08. The summed E-state index contributed by atoms with van der Waals surface area (Å²) in [5, 5.41) is 0. The van der Waals surface area contributed by atoms with Crippen molar-refractivity contribution in [1.29, 1.82) is 0 Å². The molecule has 1 aliphatic rings. The van der Waals surface area contributed by atoms with Crippen molar-refractivity contribution in [3.8, 4) is 0 Å². The van der Waals surface area contributed by atoms with Gasteiger partial charge < -0.3 is 5.73 Å². The van der Waals surface area contributed by atoms with E-state index in [2.05, 4.69) is 4.72 Å². The van der Waals surface area contributed by atoms with E-state index in [0.29, 0.717) is 13.1 Å². The van der Waals surface area contributed by atoms with Gasteiger partial charge in [-0.25, -0.2) is 0 Å². The lowest BCUT2D eigenvalue weighted by Crippen LogP contribution is -2.60. The first-order valence-corrected chi connectivity index (χ1v) is 8.63. The fourth-order valence-electron chi connectivity index (χ4n) is 2.85. The third-order valence-corrected chi connectivity index (χ3v) is 5.62. The fourth-order valence-corrected chi connectivity index (χ4v) is 4.92. The summed E-state index contributed by atoms with van der Waals surface area (Å²) in [6, 6.07) is 0. The molecule has 0 atom stereocenters.